The van der Waals surface area contributed by atoms with E-state index in [4.69, 9.17) is 14.2 Å². The second-order valence-electron chi connectivity index (χ2n) is 16.0. The van der Waals surface area contributed by atoms with Gasteiger partial charge in [0.2, 0.25) is 0 Å². The average molecular weight is 871 g/mol. The van der Waals surface area contributed by atoms with Crippen molar-refractivity contribution in [2.45, 2.75) is 207 Å². The second kappa shape index (κ2) is 50.5. The summed E-state index contributed by atoms with van der Waals surface area (Å²) >= 11 is 0. The monoisotopic (exact) mass is 871 g/mol. The fourth-order valence-electron chi connectivity index (χ4n) is 6.24. The average Bonchev–Trinajstić information content (AvgIpc) is 3.28. The zero-order chi connectivity index (χ0) is 45.8. The van der Waals surface area contributed by atoms with Gasteiger partial charge in [-0.2, -0.15) is 0 Å². The number of carbonyl (C=O) groups is 3. The highest BCUT2D eigenvalue weighted by atomic mass is 16.6. The lowest BCUT2D eigenvalue weighted by molar-refractivity contribution is -0.166. The van der Waals surface area contributed by atoms with Gasteiger partial charge in [0.1, 0.15) is 13.2 Å². The van der Waals surface area contributed by atoms with Crippen LogP contribution in [0.1, 0.15) is 201 Å². The van der Waals surface area contributed by atoms with E-state index in [-0.39, 0.29) is 44.0 Å². The molecule has 0 rings (SSSR count). The lowest BCUT2D eigenvalue weighted by Crippen LogP contribution is -2.30. The van der Waals surface area contributed by atoms with E-state index in [1.807, 2.05) is 6.08 Å². The molecule has 0 bridgehead atoms. The highest BCUT2D eigenvalue weighted by molar-refractivity contribution is 5.71. The zero-order valence-electron chi connectivity index (χ0n) is 40.3. The zero-order valence-corrected chi connectivity index (χ0v) is 40.3. The smallest absolute Gasteiger partial charge is 0.306 e. The van der Waals surface area contributed by atoms with Crippen molar-refractivity contribution in [3.63, 3.8) is 0 Å². The summed E-state index contributed by atoms with van der Waals surface area (Å²) in [6, 6.07) is 0. The van der Waals surface area contributed by atoms with Gasteiger partial charge in [0.05, 0.1) is 0 Å². The first-order valence-corrected chi connectivity index (χ1v) is 25.0. The molecule has 1 unspecified atom stereocenters. The Hall–Kier alpha value is -4.19. The summed E-state index contributed by atoms with van der Waals surface area (Å²) in [6.45, 7) is 6.27. The Morgan fingerprint density at radius 1 is 0.333 bits per heavy atom. The number of unbranched alkanes of at least 4 members (excludes halogenated alkanes) is 12. The minimum absolute atomic E-state index is 0.128. The van der Waals surface area contributed by atoms with Crippen molar-refractivity contribution in [2.24, 2.45) is 0 Å². The number of esters is 3. The summed E-state index contributed by atoms with van der Waals surface area (Å²) in [7, 11) is 0. The molecule has 0 amide bonds. The van der Waals surface area contributed by atoms with Gasteiger partial charge in [-0.15, -0.1) is 0 Å². The highest BCUT2D eigenvalue weighted by Crippen LogP contribution is 2.11. The molecule has 0 spiro atoms. The minimum atomic E-state index is -0.833. The number of hydrogen-bond acceptors (Lipinski definition) is 6. The quantitative estimate of drug-likeness (QED) is 0.0263. The minimum Gasteiger partial charge on any atom is -0.462 e. The van der Waals surface area contributed by atoms with E-state index in [0.29, 0.717) is 19.3 Å². The third-order valence-corrected chi connectivity index (χ3v) is 9.94. The van der Waals surface area contributed by atoms with Crippen LogP contribution in [0.5, 0.6) is 0 Å². The van der Waals surface area contributed by atoms with E-state index >= 15 is 0 Å². The lowest BCUT2D eigenvalue weighted by atomic mass is 10.1. The molecule has 0 saturated carbocycles. The largest absolute Gasteiger partial charge is 0.462 e. The molecule has 354 valence electrons. The predicted molar refractivity (Wildman–Crippen MR) is 269 cm³/mol. The van der Waals surface area contributed by atoms with Gasteiger partial charge in [-0.3, -0.25) is 14.4 Å². The molecule has 0 aromatic rings. The van der Waals surface area contributed by atoms with E-state index in [1.54, 1.807) is 0 Å². The number of hydrogen-bond donors (Lipinski definition) is 0. The molecule has 0 saturated heterocycles. The van der Waals surface area contributed by atoms with Gasteiger partial charge in [0.25, 0.3) is 0 Å². The van der Waals surface area contributed by atoms with E-state index in [1.165, 1.54) is 38.5 Å². The van der Waals surface area contributed by atoms with Crippen molar-refractivity contribution in [3.05, 3.63) is 122 Å². The molecule has 0 N–H and O–H groups in total. The second-order valence-corrected chi connectivity index (χ2v) is 16.0. The topological polar surface area (TPSA) is 78.9 Å². The molecule has 63 heavy (non-hydrogen) atoms. The Labute approximate surface area is 386 Å². The van der Waals surface area contributed by atoms with Crippen LogP contribution in [0, 0.1) is 0 Å². The van der Waals surface area contributed by atoms with Gasteiger partial charge < -0.3 is 14.2 Å². The van der Waals surface area contributed by atoms with Crippen LogP contribution in [0.3, 0.4) is 0 Å². The van der Waals surface area contributed by atoms with Crippen molar-refractivity contribution in [1.29, 1.82) is 0 Å². The molecule has 0 aliphatic carbocycles. The molecule has 6 heteroatoms. The SMILES string of the molecule is CC/C=C/C/C=C/C/C=C/C/C=C/CCCCCC(=O)OCC(COC(=O)CC/C=C/C/C=C/CCCCCCCC)OC(=O)CCCCC/C=C/C/C=C/C/C=C/C/C=C/CC. The molecular weight excluding hydrogens is 781 g/mol. The van der Waals surface area contributed by atoms with Gasteiger partial charge in [0, 0.05) is 19.3 Å². The predicted octanol–water partition coefficient (Wildman–Crippen LogP) is 16.5. The third-order valence-electron chi connectivity index (χ3n) is 9.94. The number of rotatable bonds is 43. The summed E-state index contributed by atoms with van der Waals surface area (Å²) in [5.74, 6) is -1.07. The summed E-state index contributed by atoms with van der Waals surface area (Å²) in [5.41, 5.74) is 0. The van der Waals surface area contributed by atoms with Crippen LogP contribution in [0.25, 0.3) is 0 Å². The van der Waals surface area contributed by atoms with Crippen LogP contribution in [-0.2, 0) is 28.6 Å². The van der Waals surface area contributed by atoms with Gasteiger partial charge in [-0.05, 0) is 116 Å². The Morgan fingerprint density at radius 3 is 1.06 bits per heavy atom. The maximum atomic E-state index is 12.8. The Kier molecular flexibility index (Phi) is 47.1. The van der Waals surface area contributed by atoms with Gasteiger partial charge in [-0.1, -0.05) is 187 Å². The molecule has 0 fully saturated rings. The number of allylic oxidation sites excluding steroid dienone is 20. The van der Waals surface area contributed by atoms with E-state index in [9.17, 15) is 14.4 Å². The summed E-state index contributed by atoms with van der Waals surface area (Å²) in [5, 5.41) is 0. The van der Waals surface area contributed by atoms with Crippen LogP contribution in [0.2, 0.25) is 0 Å². The molecule has 0 radical (unpaired) electrons. The van der Waals surface area contributed by atoms with E-state index < -0.39 is 6.10 Å². The molecule has 0 aliphatic heterocycles. The maximum absolute atomic E-state index is 12.8. The molecule has 0 aliphatic rings. The molecule has 0 heterocycles. The normalized spacial score (nSPS) is 13.1. The summed E-state index contributed by atoms with van der Waals surface area (Å²) in [4.78, 5) is 37.9. The number of ether oxygens (including phenoxy) is 3. The van der Waals surface area contributed by atoms with Crippen molar-refractivity contribution in [3.8, 4) is 0 Å². The molecule has 0 aromatic heterocycles. The first-order valence-electron chi connectivity index (χ1n) is 25.0. The van der Waals surface area contributed by atoms with Gasteiger partial charge in [0.15, 0.2) is 6.10 Å². The highest BCUT2D eigenvalue weighted by Gasteiger charge is 2.19. The maximum Gasteiger partial charge on any atom is 0.306 e. The Morgan fingerprint density at radius 2 is 0.651 bits per heavy atom. The van der Waals surface area contributed by atoms with Crippen molar-refractivity contribution in [2.75, 3.05) is 13.2 Å². The fourth-order valence-corrected chi connectivity index (χ4v) is 6.24. The third kappa shape index (κ3) is 48.7. The van der Waals surface area contributed by atoms with Crippen LogP contribution >= 0.6 is 0 Å². The Bertz CT molecular complexity index is 1370. The van der Waals surface area contributed by atoms with Crippen LogP contribution in [0.15, 0.2) is 122 Å². The first-order chi connectivity index (χ1) is 31.0. The Balaban J connectivity index is 4.59. The molecular formula is C57H90O6. The van der Waals surface area contributed by atoms with E-state index in [2.05, 4.69) is 136 Å². The fraction of sp³-hybridized carbons (Fsp3) is 0.596. The molecule has 1 atom stereocenters. The molecule has 6 nitrogen and oxygen atoms in total. The summed E-state index contributed by atoms with van der Waals surface area (Å²) < 4.78 is 16.7. The molecule has 0 aromatic carbocycles. The first kappa shape index (κ1) is 58.8. The van der Waals surface area contributed by atoms with Gasteiger partial charge in [-0.25, -0.2) is 0 Å². The van der Waals surface area contributed by atoms with Crippen molar-refractivity contribution < 1.29 is 28.6 Å². The van der Waals surface area contributed by atoms with Crippen molar-refractivity contribution >= 4 is 17.9 Å². The van der Waals surface area contributed by atoms with Crippen LogP contribution in [-0.4, -0.2) is 37.2 Å². The van der Waals surface area contributed by atoms with E-state index in [0.717, 1.165) is 109 Å². The van der Waals surface area contributed by atoms with Crippen LogP contribution < -0.4 is 0 Å². The van der Waals surface area contributed by atoms with Crippen molar-refractivity contribution in [1.82, 2.24) is 0 Å². The standard InChI is InChI=1S/C57H90O6/c1-4-7-10-13-16-19-22-25-27-29-32-35-38-41-44-47-50-56(59)62-53-54(52-61-55(58)49-46-43-40-37-34-31-24-21-18-15-12-9-6-3)63-57(60)51-48-45-42-39-36-33-30-28-26-23-20-17-14-11-8-5-2/h7-8,10-11,16-17,19-20,25-28,31-36,40,43,54H,4-6,9,12-15,18,21-24,29-30,37-39,41-42,44-53H2,1-3H3/b10-7+,11-8+,19-16+,20-17+,27-25+,28-26+,34-31+,35-32+,36-33+,43-40+. The summed E-state index contributed by atoms with van der Waals surface area (Å²) in [6.07, 6.45) is 69.1. The van der Waals surface area contributed by atoms with Gasteiger partial charge >= 0.3 is 17.9 Å². The van der Waals surface area contributed by atoms with Crippen LogP contribution in [0.4, 0.5) is 0 Å². The lowest BCUT2D eigenvalue weighted by Gasteiger charge is -2.18. The number of carbonyl (C=O) groups excluding carboxylic acids is 3.